The van der Waals surface area contributed by atoms with Crippen molar-refractivity contribution in [1.82, 2.24) is 5.32 Å². The molecule has 0 spiro atoms. The lowest BCUT2D eigenvalue weighted by molar-refractivity contribution is 0.101. The highest BCUT2D eigenvalue weighted by Crippen LogP contribution is 2.30. The highest BCUT2D eigenvalue weighted by atomic mass is 35.5. The van der Waals surface area contributed by atoms with Crippen LogP contribution in [0.15, 0.2) is 18.2 Å². The van der Waals surface area contributed by atoms with E-state index < -0.39 is 6.10 Å². The third kappa shape index (κ3) is 2.97. The molecule has 0 aromatic heterocycles. The number of piperidine rings is 1. The quantitative estimate of drug-likeness (QED) is 0.854. The first-order valence-electron chi connectivity index (χ1n) is 5.94. The summed E-state index contributed by atoms with van der Waals surface area (Å²) in [6.45, 7) is 3.08. The van der Waals surface area contributed by atoms with E-state index in [9.17, 15) is 9.50 Å². The standard InChI is InChI=1S/C13H17ClFNO/c1-8-4-5-16-12(6-8)13(17)10-3-2-9(15)7-11(10)14/h2-3,7-8,12-13,16-17H,4-6H2,1H3. The zero-order valence-corrected chi connectivity index (χ0v) is 10.5. The molecule has 1 aromatic carbocycles. The molecule has 3 unspecified atom stereocenters. The van der Waals surface area contributed by atoms with Gasteiger partial charge in [-0.05, 0) is 37.4 Å². The lowest BCUT2D eigenvalue weighted by atomic mass is 9.89. The molecule has 0 saturated carbocycles. The number of halogens is 2. The molecule has 0 radical (unpaired) electrons. The molecule has 17 heavy (non-hydrogen) atoms. The van der Waals surface area contributed by atoms with Gasteiger partial charge >= 0.3 is 0 Å². The van der Waals surface area contributed by atoms with Gasteiger partial charge in [-0.2, -0.15) is 0 Å². The van der Waals surface area contributed by atoms with Crippen molar-refractivity contribution in [2.45, 2.75) is 31.9 Å². The van der Waals surface area contributed by atoms with Crippen molar-refractivity contribution in [3.8, 4) is 0 Å². The minimum absolute atomic E-state index is 0.00158. The maximum Gasteiger partial charge on any atom is 0.124 e. The number of hydrogen-bond acceptors (Lipinski definition) is 2. The Labute approximate surface area is 106 Å². The molecule has 0 bridgehead atoms. The molecule has 0 amide bonds. The number of nitrogens with one attached hydrogen (secondary N) is 1. The molecule has 1 aliphatic rings. The first-order chi connectivity index (χ1) is 8.08. The van der Waals surface area contributed by atoms with Crippen molar-refractivity contribution in [3.63, 3.8) is 0 Å². The molecule has 1 aliphatic heterocycles. The second-order valence-corrected chi connectivity index (χ2v) is 5.21. The second-order valence-electron chi connectivity index (χ2n) is 4.80. The first-order valence-corrected chi connectivity index (χ1v) is 6.32. The average Bonchev–Trinajstić information content (AvgIpc) is 2.28. The fourth-order valence-corrected chi connectivity index (χ4v) is 2.63. The number of rotatable bonds is 2. The van der Waals surface area contributed by atoms with Crippen molar-refractivity contribution >= 4 is 11.6 Å². The van der Waals surface area contributed by atoms with E-state index in [2.05, 4.69) is 12.2 Å². The zero-order valence-electron chi connectivity index (χ0n) is 9.79. The summed E-state index contributed by atoms with van der Waals surface area (Å²) in [4.78, 5) is 0. The van der Waals surface area contributed by atoms with Crippen LogP contribution in [0, 0.1) is 11.7 Å². The van der Waals surface area contributed by atoms with Gasteiger partial charge in [-0.1, -0.05) is 24.6 Å². The van der Waals surface area contributed by atoms with E-state index in [-0.39, 0.29) is 16.9 Å². The Hall–Kier alpha value is -0.640. The largest absolute Gasteiger partial charge is 0.387 e. The van der Waals surface area contributed by atoms with Crippen LogP contribution in [0.25, 0.3) is 0 Å². The zero-order chi connectivity index (χ0) is 12.4. The highest BCUT2D eigenvalue weighted by Gasteiger charge is 2.27. The lowest BCUT2D eigenvalue weighted by Gasteiger charge is -2.32. The predicted octanol–water partition coefficient (Wildman–Crippen LogP) is 2.90. The molecular weight excluding hydrogens is 241 g/mol. The Morgan fingerprint density at radius 2 is 2.29 bits per heavy atom. The van der Waals surface area contributed by atoms with Crippen molar-refractivity contribution in [2.24, 2.45) is 5.92 Å². The van der Waals surface area contributed by atoms with E-state index in [1.165, 1.54) is 12.1 Å². The molecule has 1 aromatic rings. The van der Waals surface area contributed by atoms with Crippen molar-refractivity contribution in [3.05, 3.63) is 34.6 Å². The third-order valence-electron chi connectivity index (χ3n) is 3.36. The van der Waals surface area contributed by atoms with Crippen LogP contribution in [0.4, 0.5) is 4.39 Å². The minimum Gasteiger partial charge on any atom is -0.387 e. The first kappa shape index (κ1) is 12.8. The normalized spacial score (nSPS) is 26.8. The summed E-state index contributed by atoms with van der Waals surface area (Å²) in [6, 6.07) is 4.13. The van der Waals surface area contributed by atoms with E-state index in [1.807, 2.05) is 0 Å². The fraction of sp³-hybridized carbons (Fsp3) is 0.538. The highest BCUT2D eigenvalue weighted by molar-refractivity contribution is 6.31. The van der Waals surface area contributed by atoms with E-state index >= 15 is 0 Å². The van der Waals surface area contributed by atoms with Gasteiger partial charge in [-0.15, -0.1) is 0 Å². The van der Waals surface area contributed by atoms with Gasteiger partial charge in [0.05, 0.1) is 6.10 Å². The van der Waals surface area contributed by atoms with E-state index in [4.69, 9.17) is 11.6 Å². The lowest BCUT2D eigenvalue weighted by Crippen LogP contribution is -2.41. The molecular formula is C13H17ClFNO. The maximum absolute atomic E-state index is 12.9. The van der Waals surface area contributed by atoms with Gasteiger partial charge in [-0.3, -0.25) is 0 Å². The summed E-state index contributed by atoms with van der Waals surface area (Å²) in [5.74, 6) is 0.214. The molecule has 2 rings (SSSR count). The van der Waals surface area contributed by atoms with Crippen LogP contribution in [0.5, 0.6) is 0 Å². The van der Waals surface area contributed by atoms with Crippen molar-refractivity contribution < 1.29 is 9.50 Å². The number of aliphatic hydroxyl groups is 1. The van der Waals surface area contributed by atoms with Crippen LogP contribution in [-0.2, 0) is 0 Å². The topological polar surface area (TPSA) is 32.3 Å². The molecule has 1 saturated heterocycles. The molecule has 1 fully saturated rings. The van der Waals surface area contributed by atoms with E-state index in [0.29, 0.717) is 11.5 Å². The summed E-state index contributed by atoms with van der Waals surface area (Å²) < 4.78 is 12.9. The molecule has 3 atom stereocenters. The third-order valence-corrected chi connectivity index (χ3v) is 3.69. The van der Waals surface area contributed by atoms with E-state index in [0.717, 1.165) is 19.4 Å². The Kier molecular flexibility index (Phi) is 4.02. The summed E-state index contributed by atoms with van der Waals surface area (Å²) in [6.07, 6.45) is 1.36. The van der Waals surface area contributed by atoms with Crippen molar-refractivity contribution in [1.29, 1.82) is 0 Å². The summed E-state index contributed by atoms with van der Waals surface area (Å²) in [5, 5.41) is 13.8. The molecule has 2 N–H and O–H groups in total. The fourth-order valence-electron chi connectivity index (χ4n) is 2.35. The van der Waals surface area contributed by atoms with Gasteiger partial charge in [0.2, 0.25) is 0 Å². The number of hydrogen-bond donors (Lipinski definition) is 2. The summed E-state index contributed by atoms with van der Waals surface area (Å²) >= 11 is 5.95. The average molecular weight is 258 g/mol. The summed E-state index contributed by atoms with van der Waals surface area (Å²) in [7, 11) is 0. The smallest absolute Gasteiger partial charge is 0.124 e. The predicted molar refractivity (Wildman–Crippen MR) is 66.6 cm³/mol. The van der Waals surface area contributed by atoms with Crippen LogP contribution in [-0.4, -0.2) is 17.7 Å². The van der Waals surface area contributed by atoms with Crippen LogP contribution >= 0.6 is 11.6 Å². The van der Waals surface area contributed by atoms with Gasteiger partial charge in [0.1, 0.15) is 5.82 Å². The van der Waals surface area contributed by atoms with Gasteiger partial charge in [0.25, 0.3) is 0 Å². The van der Waals surface area contributed by atoms with Gasteiger partial charge in [0, 0.05) is 16.6 Å². The Balaban J connectivity index is 2.15. The van der Waals surface area contributed by atoms with E-state index in [1.54, 1.807) is 6.07 Å². The van der Waals surface area contributed by atoms with Crippen LogP contribution < -0.4 is 5.32 Å². The van der Waals surface area contributed by atoms with Gasteiger partial charge in [-0.25, -0.2) is 4.39 Å². The Morgan fingerprint density at radius 1 is 1.53 bits per heavy atom. The second kappa shape index (κ2) is 5.34. The molecule has 94 valence electrons. The van der Waals surface area contributed by atoms with Crippen LogP contribution in [0.3, 0.4) is 0 Å². The van der Waals surface area contributed by atoms with Gasteiger partial charge in [0.15, 0.2) is 0 Å². The monoisotopic (exact) mass is 257 g/mol. The van der Waals surface area contributed by atoms with Crippen molar-refractivity contribution in [2.75, 3.05) is 6.54 Å². The van der Waals surface area contributed by atoms with Gasteiger partial charge < -0.3 is 10.4 Å². The Morgan fingerprint density at radius 3 is 2.94 bits per heavy atom. The SMILES string of the molecule is CC1CCNC(C(O)c2ccc(F)cc2Cl)C1. The molecule has 4 heteroatoms. The van der Waals surface area contributed by atoms with Crippen LogP contribution in [0.1, 0.15) is 31.4 Å². The number of benzene rings is 1. The molecule has 0 aliphatic carbocycles. The molecule has 1 heterocycles. The number of aliphatic hydroxyl groups excluding tert-OH is 1. The maximum atomic E-state index is 12.9. The minimum atomic E-state index is -0.675. The molecule has 2 nitrogen and oxygen atoms in total. The summed E-state index contributed by atoms with van der Waals surface area (Å²) in [5.41, 5.74) is 0.597. The van der Waals surface area contributed by atoms with Crippen LogP contribution in [0.2, 0.25) is 5.02 Å². The Bertz CT molecular complexity index is 399.